The average Bonchev–Trinajstić information content (AvgIpc) is 3.00. The molecule has 1 heterocycles. The molecule has 1 amide bonds. The van der Waals surface area contributed by atoms with Crippen molar-refractivity contribution in [3.8, 4) is 5.75 Å². The highest BCUT2D eigenvalue weighted by Gasteiger charge is 2.20. The number of nitrogens with zero attached hydrogens (tertiary/aromatic N) is 1. The zero-order valence-corrected chi connectivity index (χ0v) is 13.8. The summed E-state index contributed by atoms with van der Waals surface area (Å²) >= 11 is 1.26. The molecule has 2 rings (SSSR count). The van der Waals surface area contributed by atoms with Crippen LogP contribution in [-0.2, 0) is 20.7 Å². The van der Waals surface area contributed by atoms with Crippen molar-refractivity contribution in [2.75, 3.05) is 12.4 Å². The van der Waals surface area contributed by atoms with Crippen LogP contribution >= 0.6 is 11.3 Å². The molecule has 0 saturated carbocycles. The highest BCUT2D eigenvalue weighted by molar-refractivity contribution is 7.13. The smallest absolute Gasteiger partial charge is 0.311 e. The van der Waals surface area contributed by atoms with Crippen LogP contribution in [0.4, 0.5) is 5.13 Å². The van der Waals surface area contributed by atoms with Crippen LogP contribution in [0.2, 0.25) is 0 Å². The summed E-state index contributed by atoms with van der Waals surface area (Å²) in [5.74, 6) is 0.00219. The van der Waals surface area contributed by atoms with Gasteiger partial charge in [-0.15, -0.1) is 11.3 Å². The van der Waals surface area contributed by atoms with Crippen molar-refractivity contribution in [3.05, 3.63) is 41.4 Å². The number of thiazole rings is 1. The molecule has 6 nitrogen and oxygen atoms in total. The van der Waals surface area contributed by atoms with Crippen LogP contribution in [0, 0.1) is 0 Å². The topological polar surface area (TPSA) is 77.5 Å². The van der Waals surface area contributed by atoms with Gasteiger partial charge in [0, 0.05) is 5.38 Å². The van der Waals surface area contributed by atoms with Crippen LogP contribution in [-0.4, -0.2) is 30.1 Å². The van der Waals surface area contributed by atoms with Crippen LogP contribution in [0.3, 0.4) is 0 Å². The number of anilines is 1. The third kappa shape index (κ3) is 5.07. The van der Waals surface area contributed by atoms with Gasteiger partial charge in [-0.3, -0.25) is 14.9 Å². The van der Waals surface area contributed by atoms with Crippen molar-refractivity contribution in [1.29, 1.82) is 0 Å². The maximum absolute atomic E-state index is 12.3. The van der Waals surface area contributed by atoms with Gasteiger partial charge in [-0.05, 0) is 18.6 Å². The van der Waals surface area contributed by atoms with Crippen LogP contribution < -0.4 is 10.1 Å². The van der Waals surface area contributed by atoms with Gasteiger partial charge in [0.15, 0.2) is 11.2 Å². The lowest BCUT2D eigenvalue weighted by molar-refractivity contribution is -0.139. The Hall–Kier alpha value is -2.41. The molecular formula is C16H18N2O4S. The fourth-order valence-electron chi connectivity index (χ4n) is 1.84. The summed E-state index contributed by atoms with van der Waals surface area (Å²) in [5, 5.41) is 4.86. The fourth-order valence-corrected chi connectivity index (χ4v) is 2.55. The van der Waals surface area contributed by atoms with Crippen molar-refractivity contribution in [3.63, 3.8) is 0 Å². The van der Waals surface area contributed by atoms with E-state index in [-0.39, 0.29) is 18.3 Å². The molecule has 1 unspecified atom stereocenters. The third-order valence-corrected chi connectivity index (χ3v) is 3.83. The van der Waals surface area contributed by atoms with Gasteiger partial charge in [-0.2, -0.15) is 0 Å². The van der Waals surface area contributed by atoms with Gasteiger partial charge in [0.25, 0.3) is 5.91 Å². The molecule has 1 atom stereocenters. The summed E-state index contributed by atoms with van der Waals surface area (Å²) in [6.07, 6.45) is 0.00666. The lowest BCUT2D eigenvalue weighted by Crippen LogP contribution is -2.32. The Morgan fingerprint density at radius 1 is 1.30 bits per heavy atom. The summed E-state index contributed by atoms with van der Waals surface area (Å²) in [4.78, 5) is 27.7. The van der Waals surface area contributed by atoms with E-state index in [1.54, 1.807) is 17.5 Å². The Bertz CT molecular complexity index is 657. The zero-order chi connectivity index (χ0) is 16.7. The molecule has 1 aromatic carbocycles. The Labute approximate surface area is 138 Å². The number of hydrogen-bond donors (Lipinski definition) is 1. The number of aromatic nitrogens is 1. The number of ether oxygens (including phenoxy) is 2. The standard InChI is InChI=1S/C16H18N2O4S/c1-3-13(22-12-7-5-4-6-8-12)15(20)18-16-17-11(10-23-16)9-14(19)21-2/h4-8,10,13H,3,9H2,1-2H3,(H,17,18,20). The summed E-state index contributed by atoms with van der Waals surface area (Å²) in [6, 6.07) is 9.17. The number of esters is 1. The molecule has 2 aromatic rings. The number of benzene rings is 1. The van der Waals surface area contributed by atoms with Gasteiger partial charge < -0.3 is 9.47 Å². The number of hydrogen-bond acceptors (Lipinski definition) is 6. The van der Waals surface area contributed by atoms with E-state index >= 15 is 0 Å². The molecule has 0 bridgehead atoms. The molecule has 0 aliphatic heterocycles. The minimum atomic E-state index is -0.606. The first kappa shape index (κ1) is 17.0. The molecule has 0 spiro atoms. The van der Waals surface area contributed by atoms with Gasteiger partial charge in [-0.25, -0.2) is 4.98 Å². The van der Waals surface area contributed by atoms with Gasteiger partial charge in [0.05, 0.1) is 19.2 Å². The number of methoxy groups -OCH3 is 1. The van der Waals surface area contributed by atoms with Crippen molar-refractivity contribution >= 4 is 28.3 Å². The lowest BCUT2D eigenvalue weighted by atomic mass is 10.2. The molecule has 1 N–H and O–H groups in total. The predicted octanol–water partition coefficient (Wildman–Crippen LogP) is 2.65. The first-order valence-corrected chi connectivity index (χ1v) is 8.04. The van der Waals surface area contributed by atoms with Crippen molar-refractivity contribution < 1.29 is 19.1 Å². The van der Waals surface area contributed by atoms with E-state index in [1.165, 1.54) is 18.4 Å². The number of amides is 1. The summed E-state index contributed by atoms with van der Waals surface area (Å²) < 4.78 is 10.3. The van der Waals surface area contributed by atoms with E-state index in [0.29, 0.717) is 23.0 Å². The minimum Gasteiger partial charge on any atom is -0.481 e. The Balaban J connectivity index is 1.95. The van der Waals surface area contributed by atoms with E-state index in [9.17, 15) is 9.59 Å². The first-order chi connectivity index (χ1) is 11.1. The second kappa shape index (κ2) is 8.28. The Kier molecular flexibility index (Phi) is 6.10. The van der Waals surface area contributed by atoms with Crippen molar-refractivity contribution in [2.45, 2.75) is 25.9 Å². The van der Waals surface area contributed by atoms with Gasteiger partial charge in [-0.1, -0.05) is 25.1 Å². The number of carbonyl (C=O) groups is 2. The lowest BCUT2D eigenvalue weighted by Gasteiger charge is -2.16. The molecule has 0 aliphatic carbocycles. The quantitative estimate of drug-likeness (QED) is 0.788. The molecule has 23 heavy (non-hydrogen) atoms. The molecule has 1 aromatic heterocycles. The van der Waals surface area contributed by atoms with Crippen molar-refractivity contribution in [2.24, 2.45) is 0 Å². The number of rotatable bonds is 7. The van der Waals surface area contributed by atoms with Gasteiger partial charge in [0.2, 0.25) is 0 Å². The monoisotopic (exact) mass is 334 g/mol. The second-order valence-electron chi connectivity index (χ2n) is 4.71. The molecule has 0 fully saturated rings. The van der Waals surface area contributed by atoms with E-state index in [0.717, 1.165) is 0 Å². The minimum absolute atomic E-state index is 0.0839. The highest BCUT2D eigenvalue weighted by atomic mass is 32.1. The highest BCUT2D eigenvalue weighted by Crippen LogP contribution is 2.18. The molecule has 0 aliphatic rings. The summed E-state index contributed by atoms with van der Waals surface area (Å²) in [6.45, 7) is 1.87. The number of para-hydroxylation sites is 1. The molecule has 122 valence electrons. The second-order valence-corrected chi connectivity index (χ2v) is 5.57. The Morgan fingerprint density at radius 2 is 2.04 bits per heavy atom. The fraction of sp³-hybridized carbons (Fsp3) is 0.312. The first-order valence-electron chi connectivity index (χ1n) is 7.16. The van der Waals surface area contributed by atoms with Gasteiger partial charge >= 0.3 is 5.97 Å². The van der Waals surface area contributed by atoms with Crippen molar-refractivity contribution in [1.82, 2.24) is 4.98 Å². The molecular weight excluding hydrogens is 316 g/mol. The molecule has 7 heteroatoms. The maximum Gasteiger partial charge on any atom is 0.311 e. The maximum atomic E-state index is 12.3. The number of nitrogens with one attached hydrogen (secondary N) is 1. The van der Waals surface area contributed by atoms with Gasteiger partial charge in [0.1, 0.15) is 5.75 Å². The van der Waals surface area contributed by atoms with Crippen LogP contribution in [0.5, 0.6) is 5.75 Å². The average molecular weight is 334 g/mol. The van der Waals surface area contributed by atoms with Crippen LogP contribution in [0.15, 0.2) is 35.7 Å². The normalized spacial score (nSPS) is 11.6. The SMILES string of the molecule is CCC(Oc1ccccc1)C(=O)Nc1nc(CC(=O)OC)cs1. The van der Waals surface area contributed by atoms with E-state index in [4.69, 9.17) is 4.74 Å². The largest absolute Gasteiger partial charge is 0.481 e. The van der Waals surface area contributed by atoms with E-state index in [1.807, 2.05) is 25.1 Å². The van der Waals surface area contributed by atoms with Crippen LogP contribution in [0.1, 0.15) is 19.0 Å². The third-order valence-electron chi connectivity index (χ3n) is 3.02. The summed E-state index contributed by atoms with van der Waals surface area (Å²) in [5.41, 5.74) is 0.564. The van der Waals surface area contributed by atoms with E-state index < -0.39 is 6.10 Å². The number of carbonyl (C=O) groups excluding carboxylic acids is 2. The Morgan fingerprint density at radius 3 is 2.70 bits per heavy atom. The van der Waals surface area contributed by atoms with Crippen LogP contribution in [0.25, 0.3) is 0 Å². The van der Waals surface area contributed by atoms with E-state index in [2.05, 4.69) is 15.0 Å². The predicted molar refractivity (Wildman–Crippen MR) is 87.6 cm³/mol. The zero-order valence-electron chi connectivity index (χ0n) is 12.9. The summed E-state index contributed by atoms with van der Waals surface area (Å²) in [7, 11) is 1.32. The molecule has 0 radical (unpaired) electrons. The molecule has 0 saturated heterocycles.